The van der Waals surface area contributed by atoms with Gasteiger partial charge in [-0.1, -0.05) is 25.7 Å². The first-order valence-corrected chi connectivity index (χ1v) is 9.05. The fourth-order valence-corrected chi connectivity index (χ4v) is 1.95. The topological polar surface area (TPSA) is 128 Å². The molecule has 0 spiro atoms. The molecule has 0 saturated heterocycles. The Morgan fingerprint density at radius 2 is 0.727 bits per heavy atom. The van der Waals surface area contributed by atoms with Crippen LogP contribution in [0.15, 0.2) is 0 Å². The van der Waals surface area contributed by atoms with Crippen molar-refractivity contribution in [3.63, 3.8) is 0 Å². The first-order valence-electron chi connectivity index (χ1n) is 9.05. The van der Waals surface area contributed by atoms with E-state index in [0.29, 0.717) is 13.1 Å². The normalized spacial score (nSPS) is 10.4. The van der Waals surface area contributed by atoms with Crippen LogP contribution in [0.25, 0.3) is 0 Å². The van der Waals surface area contributed by atoms with Gasteiger partial charge in [0.2, 0.25) is 0 Å². The molecule has 0 amide bonds. The summed E-state index contributed by atoms with van der Waals surface area (Å²) in [4.78, 5) is 0. The van der Waals surface area contributed by atoms with Crippen molar-refractivity contribution in [1.82, 2.24) is 10.6 Å². The first-order chi connectivity index (χ1) is 10.8. The van der Waals surface area contributed by atoms with E-state index in [1.807, 2.05) is 0 Å². The van der Waals surface area contributed by atoms with Gasteiger partial charge in [0, 0.05) is 26.2 Å². The van der Waals surface area contributed by atoms with E-state index in [4.69, 9.17) is 22.9 Å². The minimum atomic E-state index is 0.694. The number of unbranched alkanes of at least 4 members (excludes halogenated alkanes) is 6. The molecule has 0 aliphatic heterocycles. The van der Waals surface area contributed by atoms with E-state index >= 15 is 0 Å². The van der Waals surface area contributed by atoms with Crippen molar-refractivity contribution >= 4 is 0 Å². The minimum Gasteiger partial charge on any atom is -0.330 e. The van der Waals surface area contributed by atoms with E-state index in [1.54, 1.807) is 0 Å². The molecule has 0 aromatic rings. The highest BCUT2D eigenvalue weighted by molar-refractivity contribution is 4.51. The maximum Gasteiger partial charge on any atom is 0.00750 e. The van der Waals surface area contributed by atoms with Gasteiger partial charge in [0.1, 0.15) is 0 Å². The molecule has 0 radical (unpaired) electrons. The van der Waals surface area contributed by atoms with Crippen LogP contribution in [0, 0.1) is 0 Å². The van der Waals surface area contributed by atoms with Crippen LogP contribution in [0.1, 0.15) is 51.4 Å². The van der Waals surface area contributed by atoms with E-state index < -0.39 is 0 Å². The van der Waals surface area contributed by atoms with E-state index in [-0.39, 0.29) is 0 Å². The molecule has 0 aromatic carbocycles. The van der Waals surface area contributed by atoms with Crippen LogP contribution in [-0.4, -0.2) is 52.4 Å². The van der Waals surface area contributed by atoms with Crippen molar-refractivity contribution in [2.45, 2.75) is 51.4 Å². The lowest BCUT2D eigenvalue weighted by atomic mass is 10.2. The van der Waals surface area contributed by atoms with Gasteiger partial charge in [-0.2, -0.15) is 0 Å². The Hall–Kier alpha value is -0.240. The number of nitrogens with one attached hydrogen (secondary N) is 2. The van der Waals surface area contributed by atoms with Crippen LogP contribution in [0.5, 0.6) is 0 Å². The van der Waals surface area contributed by atoms with E-state index in [1.165, 1.54) is 64.5 Å². The third kappa shape index (κ3) is 28.0. The molecular formula is C16H42N6. The van der Waals surface area contributed by atoms with Crippen molar-refractivity contribution in [2.24, 2.45) is 22.9 Å². The molecule has 0 aromatic heterocycles. The summed E-state index contributed by atoms with van der Waals surface area (Å²) in [5.74, 6) is 0. The average molecular weight is 319 g/mol. The summed E-state index contributed by atoms with van der Waals surface area (Å²) in [5.41, 5.74) is 21.2. The monoisotopic (exact) mass is 318 g/mol. The third-order valence-electron chi connectivity index (χ3n) is 3.26. The highest BCUT2D eigenvalue weighted by Gasteiger charge is 1.91. The summed E-state index contributed by atoms with van der Waals surface area (Å²) in [7, 11) is 0. The van der Waals surface area contributed by atoms with Gasteiger partial charge in [-0.25, -0.2) is 0 Å². The highest BCUT2D eigenvalue weighted by atomic mass is 14.9. The van der Waals surface area contributed by atoms with Crippen LogP contribution in [0.2, 0.25) is 0 Å². The fourth-order valence-electron chi connectivity index (χ4n) is 1.95. The standard InChI is InChI=1S/C12H29N3.C4H13N3/c13-9-5-1-3-7-11-15-12-8-4-2-6-10-14;5-1-3-7-4-2-6/h15H,1-14H2;7H,1-6H2. The maximum absolute atomic E-state index is 5.42. The molecule has 0 atom stereocenters. The van der Waals surface area contributed by atoms with Crippen LogP contribution in [0.4, 0.5) is 0 Å². The van der Waals surface area contributed by atoms with Crippen LogP contribution in [-0.2, 0) is 0 Å². The van der Waals surface area contributed by atoms with Crippen molar-refractivity contribution in [2.75, 3.05) is 52.4 Å². The second-order valence-corrected chi connectivity index (χ2v) is 5.48. The van der Waals surface area contributed by atoms with Gasteiger partial charge in [0.15, 0.2) is 0 Å². The Balaban J connectivity index is 0. The zero-order valence-corrected chi connectivity index (χ0v) is 14.6. The second kappa shape index (κ2) is 25.7. The Kier molecular flexibility index (Phi) is 28.1. The van der Waals surface area contributed by atoms with Gasteiger partial charge in [0.05, 0.1) is 0 Å². The largest absolute Gasteiger partial charge is 0.330 e. The van der Waals surface area contributed by atoms with Crippen LogP contribution >= 0.6 is 0 Å². The van der Waals surface area contributed by atoms with Crippen molar-refractivity contribution in [1.29, 1.82) is 0 Å². The first kappa shape index (κ1) is 24.0. The molecule has 0 fully saturated rings. The Morgan fingerprint density at radius 3 is 1.09 bits per heavy atom. The molecule has 0 heterocycles. The zero-order valence-electron chi connectivity index (χ0n) is 14.6. The van der Waals surface area contributed by atoms with Gasteiger partial charge >= 0.3 is 0 Å². The van der Waals surface area contributed by atoms with E-state index in [0.717, 1.165) is 26.2 Å². The van der Waals surface area contributed by atoms with Gasteiger partial charge in [0.25, 0.3) is 0 Å². The summed E-state index contributed by atoms with van der Waals surface area (Å²) in [6.45, 7) is 7.15. The lowest BCUT2D eigenvalue weighted by Crippen LogP contribution is -2.27. The lowest BCUT2D eigenvalue weighted by Gasteiger charge is -2.04. The average Bonchev–Trinajstić information content (AvgIpc) is 2.54. The highest BCUT2D eigenvalue weighted by Crippen LogP contribution is 1.98. The molecule has 0 bridgehead atoms. The number of hydrogen-bond donors (Lipinski definition) is 6. The summed E-state index contributed by atoms with van der Waals surface area (Å²) in [5, 5.41) is 6.51. The Morgan fingerprint density at radius 1 is 0.364 bits per heavy atom. The fraction of sp³-hybridized carbons (Fsp3) is 1.00. The van der Waals surface area contributed by atoms with E-state index in [2.05, 4.69) is 10.6 Å². The Bertz CT molecular complexity index is 153. The van der Waals surface area contributed by atoms with Gasteiger partial charge in [-0.3, -0.25) is 0 Å². The molecule has 0 aliphatic rings. The number of nitrogens with two attached hydrogens (primary N) is 4. The Labute approximate surface area is 138 Å². The molecule has 10 N–H and O–H groups in total. The molecule has 136 valence electrons. The van der Waals surface area contributed by atoms with Crippen molar-refractivity contribution in [3.8, 4) is 0 Å². The molecule has 0 saturated carbocycles. The summed E-state index contributed by atoms with van der Waals surface area (Å²) >= 11 is 0. The molecular weight excluding hydrogens is 276 g/mol. The smallest absolute Gasteiger partial charge is 0.00750 e. The number of rotatable bonds is 16. The van der Waals surface area contributed by atoms with Crippen LogP contribution in [0.3, 0.4) is 0 Å². The molecule has 0 aliphatic carbocycles. The summed E-state index contributed by atoms with van der Waals surface area (Å²) < 4.78 is 0. The maximum atomic E-state index is 5.42. The van der Waals surface area contributed by atoms with Crippen molar-refractivity contribution < 1.29 is 0 Å². The quantitative estimate of drug-likeness (QED) is 0.224. The third-order valence-corrected chi connectivity index (χ3v) is 3.26. The molecule has 0 unspecified atom stereocenters. The lowest BCUT2D eigenvalue weighted by molar-refractivity contribution is 0.558. The van der Waals surface area contributed by atoms with Crippen molar-refractivity contribution in [3.05, 3.63) is 0 Å². The van der Waals surface area contributed by atoms with Gasteiger partial charge < -0.3 is 33.6 Å². The van der Waals surface area contributed by atoms with Crippen LogP contribution < -0.4 is 33.6 Å². The second-order valence-electron chi connectivity index (χ2n) is 5.48. The summed E-state index contributed by atoms with van der Waals surface area (Å²) in [6, 6.07) is 0. The minimum absolute atomic E-state index is 0.694. The zero-order chi connectivity index (χ0) is 16.7. The predicted octanol–water partition coefficient (Wildman–Crippen LogP) is 0.108. The predicted molar refractivity (Wildman–Crippen MR) is 98.9 cm³/mol. The summed E-state index contributed by atoms with van der Waals surface area (Å²) in [6.07, 6.45) is 10.2. The number of hydrogen-bond acceptors (Lipinski definition) is 6. The van der Waals surface area contributed by atoms with E-state index in [9.17, 15) is 0 Å². The molecule has 0 rings (SSSR count). The van der Waals surface area contributed by atoms with Gasteiger partial charge in [-0.05, 0) is 51.9 Å². The SMILES string of the molecule is NCCCCCCNCCCCCCN.NCCNCCN. The molecule has 6 heteroatoms. The molecule has 6 nitrogen and oxygen atoms in total. The molecule has 22 heavy (non-hydrogen) atoms. The van der Waals surface area contributed by atoms with Gasteiger partial charge in [-0.15, -0.1) is 0 Å².